The van der Waals surface area contributed by atoms with Crippen LogP contribution < -0.4 is 10.2 Å². The number of carbonyl (C=O) groups excluding carboxylic acids is 2. The Labute approximate surface area is 175 Å². The molecule has 2 heterocycles. The number of amides is 2. The molecule has 2 saturated heterocycles. The molecule has 2 fully saturated rings. The van der Waals surface area contributed by atoms with Crippen LogP contribution in [-0.2, 0) is 16.0 Å². The van der Waals surface area contributed by atoms with E-state index in [1.165, 1.54) is 24.8 Å². The van der Waals surface area contributed by atoms with Gasteiger partial charge in [-0.25, -0.2) is 0 Å². The van der Waals surface area contributed by atoms with Gasteiger partial charge in [-0.05, 0) is 62.9 Å². The second-order valence-corrected chi connectivity index (χ2v) is 8.03. The second kappa shape index (κ2) is 10.8. The number of hydrogen-bond donors (Lipinski definition) is 1. The van der Waals surface area contributed by atoms with Crippen molar-refractivity contribution in [3.8, 4) is 0 Å². The fourth-order valence-electron chi connectivity index (χ4n) is 4.32. The molecule has 2 unspecified atom stereocenters. The van der Waals surface area contributed by atoms with E-state index in [1.54, 1.807) is 4.90 Å². The number of rotatable bonds is 7. The van der Waals surface area contributed by atoms with Crippen molar-refractivity contribution in [3.63, 3.8) is 0 Å². The first kappa shape index (κ1) is 22.7. The van der Waals surface area contributed by atoms with Crippen LogP contribution in [0.5, 0.6) is 0 Å². The Bertz CT molecular complexity index is 648. The molecular formula is C22H34ClN3O2. The molecule has 1 aromatic carbocycles. The third-order valence-corrected chi connectivity index (χ3v) is 5.86. The SMILES string of the molecule is CCCCc1ccc(N2CC(C(=O)N3CCCC(CNC)C3)CC2=O)cc1.Cl. The van der Waals surface area contributed by atoms with Crippen LogP contribution in [0.1, 0.15) is 44.6 Å². The van der Waals surface area contributed by atoms with E-state index in [4.69, 9.17) is 0 Å². The lowest BCUT2D eigenvalue weighted by Gasteiger charge is -2.34. The molecule has 3 rings (SSSR count). The molecule has 6 heteroatoms. The number of piperidine rings is 1. The molecule has 0 radical (unpaired) electrons. The van der Waals surface area contributed by atoms with E-state index in [1.807, 2.05) is 24.1 Å². The summed E-state index contributed by atoms with van der Waals surface area (Å²) in [7, 11) is 1.96. The van der Waals surface area contributed by atoms with E-state index < -0.39 is 0 Å². The molecule has 2 amide bonds. The number of nitrogens with one attached hydrogen (secondary N) is 1. The molecule has 2 aliphatic rings. The Morgan fingerprint density at radius 3 is 2.64 bits per heavy atom. The summed E-state index contributed by atoms with van der Waals surface area (Å²) in [4.78, 5) is 29.3. The van der Waals surface area contributed by atoms with Crippen LogP contribution in [0.25, 0.3) is 0 Å². The van der Waals surface area contributed by atoms with Crippen molar-refractivity contribution in [1.29, 1.82) is 0 Å². The van der Waals surface area contributed by atoms with Crippen molar-refractivity contribution in [3.05, 3.63) is 29.8 Å². The minimum atomic E-state index is -0.203. The largest absolute Gasteiger partial charge is 0.342 e. The minimum absolute atomic E-state index is 0. The van der Waals surface area contributed by atoms with Gasteiger partial charge in [0.2, 0.25) is 11.8 Å². The first-order valence-electron chi connectivity index (χ1n) is 10.4. The zero-order valence-electron chi connectivity index (χ0n) is 17.2. The highest BCUT2D eigenvalue weighted by Crippen LogP contribution is 2.28. The van der Waals surface area contributed by atoms with Gasteiger partial charge in [0.05, 0.1) is 5.92 Å². The van der Waals surface area contributed by atoms with Crippen molar-refractivity contribution < 1.29 is 9.59 Å². The molecule has 2 atom stereocenters. The molecule has 0 bridgehead atoms. The smallest absolute Gasteiger partial charge is 0.228 e. The summed E-state index contributed by atoms with van der Waals surface area (Å²) in [6, 6.07) is 8.28. The zero-order chi connectivity index (χ0) is 19.2. The van der Waals surface area contributed by atoms with Crippen molar-refractivity contribution >= 4 is 29.9 Å². The van der Waals surface area contributed by atoms with Gasteiger partial charge >= 0.3 is 0 Å². The highest BCUT2D eigenvalue weighted by Gasteiger charge is 2.38. The minimum Gasteiger partial charge on any atom is -0.342 e. The van der Waals surface area contributed by atoms with Crippen LogP contribution in [0.15, 0.2) is 24.3 Å². The Hall–Kier alpha value is -1.59. The molecule has 28 heavy (non-hydrogen) atoms. The number of nitrogens with zero attached hydrogens (tertiary/aromatic N) is 2. The fraction of sp³-hybridized carbons (Fsp3) is 0.636. The average Bonchev–Trinajstić information content (AvgIpc) is 3.08. The lowest BCUT2D eigenvalue weighted by atomic mass is 9.96. The standard InChI is InChI=1S/C22H33N3O2.ClH/c1-3-4-6-17-8-10-20(11-9-17)25-16-19(13-21(25)26)22(27)24-12-5-7-18(15-24)14-23-2;/h8-11,18-19,23H,3-7,12-16H2,1-2H3;1H. The molecule has 0 aromatic heterocycles. The molecule has 2 aliphatic heterocycles. The number of anilines is 1. The third kappa shape index (κ3) is 5.48. The predicted molar refractivity (Wildman–Crippen MR) is 116 cm³/mol. The van der Waals surface area contributed by atoms with E-state index >= 15 is 0 Å². The van der Waals surface area contributed by atoms with E-state index in [2.05, 4.69) is 24.4 Å². The van der Waals surface area contributed by atoms with Gasteiger partial charge in [-0.15, -0.1) is 12.4 Å². The summed E-state index contributed by atoms with van der Waals surface area (Å²) >= 11 is 0. The maximum absolute atomic E-state index is 13.0. The predicted octanol–water partition coefficient (Wildman–Crippen LogP) is 3.26. The molecule has 1 N–H and O–H groups in total. The quantitative estimate of drug-likeness (QED) is 0.754. The maximum Gasteiger partial charge on any atom is 0.228 e. The van der Waals surface area contributed by atoms with Gasteiger partial charge in [-0.2, -0.15) is 0 Å². The summed E-state index contributed by atoms with van der Waals surface area (Å²) in [5.41, 5.74) is 2.23. The normalized spacial score (nSPS) is 22.3. The molecule has 1 aromatic rings. The van der Waals surface area contributed by atoms with Crippen molar-refractivity contribution in [1.82, 2.24) is 10.2 Å². The van der Waals surface area contributed by atoms with Crippen LogP contribution in [0.4, 0.5) is 5.69 Å². The average molecular weight is 408 g/mol. The van der Waals surface area contributed by atoms with Crippen molar-refractivity contribution in [2.24, 2.45) is 11.8 Å². The Balaban J connectivity index is 0.00000280. The van der Waals surface area contributed by atoms with Crippen molar-refractivity contribution in [2.45, 2.75) is 45.4 Å². The number of hydrogen-bond acceptors (Lipinski definition) is 3. The van der Waals surface area contributed by atoms with Crippen LogP contribution in [0.3, 0.4) is 0 Å². The molecule has 156 valence electrons. The van der Waals surface area contributed by atoms with Crippen LogP contribution >= 0.6 is 12.4 Å². The zero-order valence-corrected chi connectivity index (χ0v) is 18.0. The van der Waals surface area contributed by atoms with E-state index in [-0.39, 0.29) is 30.1 Å². The fourth-order valence-corrected chi connectivity index (χ4v) is 4.32. The van der Waals surface area contributed by atoms with E-state index in [0.29, 0.717) is 18.9 Å². The summed E-state index contributed by atoms with van der Waals surface area (Å²) < 4.78 is 0. The summed E-state index contributed by atoms with van der Waals surface area (Å²) in [5.74, 6) is 0.548. The maximum atomic E-state index is 13.0. The highest BCUT2D eigenvalue weighted by molar-refractivity contribution is 6.00. The van der Waals surface area contributed by atoms with Crippen LogP contribution in [0, 0.1) is 11.8 Å². The second-order valence-electron chi connectivity index (χ2n) is 8.03. The Morgan fingerprint density at radius 1 is 1.21 bits per heavy atom. The molecule has 0 aliphatic carbocycles. The summed E-state index contributed by atoms with van der Waals surface area (Å²) in [6.07, 6.45) is 6.01. The van der Waals surface area contributed by atoms with Gasteiger partial charge in [0.25, 0.3) is 0 Å². The number of benzene rings is 1. The lowest BCUT2D eigenvalue weighted by Crippen LogP contribution is -2.45. The van der Waals surface area contributed by atoms with E-state index in [9.17, 15) is 9.59 Å². The first-order chi connectivity index (χ1) is 13.1. The topological polar surface area (TPSA) is 52.7 Å². The third-order valence-electron chi connectivity index (χ3n) is 5.86. The van der Waals surface area contributed by atoms with Gasteiger partial charge in [-0.3, -0.25) is 9.59 Å². The van der Waals surface area contributed by atoms with Gasteiger partial charge in [0.15, 0.2) is 0 Å². The number of carbonyl (C=O) groups is 2. The van der Waals surface area contributed by atoms with Crippen LogP contribution in [-0.4, -0.2) is 49.9 Å². The Kier molecular flexibility index (Phi) is 8.77. The van der Waals surface area contributed by atoms with Crippen LogP contribution in [0.2, 0.25) is 0 Å². The number of unbranched alkanes of at least 4 members (excludes halogenated alkanes) is 1. The van der Waals surface area contributed by atoms with Gasteiger partial charge in [0.1, 0.15) is 0 Å². The molecule has 5 nitrogen and oxygen atoms in total. The van der Waals surface area contributed by atoms with Gasteiger partial charge in [-0.1, -0.05) is 25.5 Å². The summed E-state index contributed by atoms with van der Waals surface area (Å²) in [6.45, 7) is 5.30. The number of likely N-dealkylation sites (tertiary alicyclic amines) is 1. The molecule has 0 spiro atoms. The molecule has 0 saturated carbocycles. The monoisotopic (exact) mass is 407 g/mol. The summed E-state index contributed by atoms with van der Waals surface area (Å²) in [5, 5.41) is 3.22. The van der Waals surface area contributed by atoms with Gasteiger partial charge in [0, 0.05) is 31.7 Å². The van der Waals surface area contributed by atoms with Gasteiger partial charge < -0.3 is 15.1 Å². The lowest BCUT2D eigenvalue weighted by molar-refractivity contribution is -0.137. The highest BCUT2D eigenvalue weighted by atomic mass is 35.5. The number of aryl methyl sites for hydroxylation is 1. The van der Waals surface area contributed by atoms with Crippen molar-refractivity contribution in [2.75, 3.05) is 38.1 Å². The number of halogens is 1. The molecular weight excluding hydrogens is 374 g/mol. The Morgan fingerprint density at radius 2 is 1.96 bits per heavy atom. The first-order valence-corrected chi connectivity index (χ1v) is 10.4. The van der Waals surface area contributed by atoms with E-state index in [0.717, 1.165) is 38.2 Å².